The standard InChI is InChI=1S/C29H52BNO8/c1-21(20-36-4)24(29(30)38-23(3)19-33)13-8-6-5-7-10-15-31-22(2)12-9-11-17-37-27-18-25(34)28(35)26(39-27)14-16-32/h14,16,20,23-24,26-29,31-33,35H,2,5-13,15,17-19,30H2,1,3-4H3/b16-14?,21-20-/t23?,24?,26?,27?,28-,29?/m1/s1. The maximum atomic E-state index is 11.8. The van der Waals surface area contributed by atoms with Gasteiger partial charge in [-0.3, -0.25) is 4.79 Å². The van der Waals surface area contributed by atoms with Gasteiger partial charge in [0.15, 0.2) is 12.1 Å². The minimum Gasteiger partial charge on any atom is -0.516 e. The summed E-state index contributed by atoms with van der Waals surface area (Å²) in [6, 6.07) is 0.0285. The van der Waals surface area contributed by atoms with E-state index in [-0.39, 0.29) is 36.8 Å². The SMILES string of the molecule is BC(OC(C)CO)C(CCCCCCCNC(=C)CCCCOC1CC(=O)[C@@H](O)C(C=CO)O1)/C(C)=C\OC. The molecule has 39 heavy (non-hydrogen) atoms. The van der Waals surface area contributed by atoms with E-state index >= 15 is 0 Å². The van der Waals surface area contributed by atoms with Crippen LogP contribution in [0.5, 0.6) is 0 Å². The van der Waals surface area contributed by atoms with E-state index < -0.39 is 18.5 Å². The second-order valence-corrected chi connectivity index (χ2v) is 10.4. The first-order valence-corrected chi connectivity index (χ1v) is 14.4. The number of nitrogens with one attached hydrogen (secondary N) is 1. The average molecular weight is 554 g/mol. The number of rotatable bonds is 22. The Morgan fingerprint density at radius 3 is 2.64 bits per heavy atom. The number of methoxy groups -OCH3 is 1. The molecule has 0 aliphatic carbocycles. The minimum atomic E-state index is -1.27. The van der Waals surface area contributed by atoms with Crippen LogP contribution in [0.3, 0.4) is 0 Å². The number of aliphatic hydroxyl groups is 3. The Morgan fingerprint density at radius 2 is 1.95 bits per heavy atom. The summed E-state index contributed by atoms with van der Waals surface area (Å²) in [5.74, 6) is -0.0705. The van der Waals surface area contributed by atoms with Gasteiger partial charge in [-0.1, -0.05) is 32.3 Å². The second kappa shape index (κ2) is 21.0. The van der Waals surface area contributed by atoms with Gasteiger partial charge < -0.3 is 39.6 Å². The Morgan fingerprint density at radius 1 is 1.23 bits per heavy atom. The molecular weight excluding hydrogens is 501 g/mol. The van der Waals surface area contributed by atoms with Gasteiger partial charge in [0.05, 0.1) is 38.8 Å². The van der Waals surface area contributed by atoms with E-state index in [4.69, 9.17) is 24.1 Å². The topological polar surface area (TPSA) is 127 Å². The first-order valence-electron chi connectivity index (χ1n) is 14.4. The van der Waals surface area contributed by atoms with Gasteiger partial charge in [-0.05, 0) is 57.6 Å². The van der Waals surface area contributed by atoms with E-state index in [1.807, 2.05) is 6.92 Å². The molecule has 1 rings (SSSR count). The number of ether oxygens (including phenoxy) is 4. The molecule has 0 aromatic carbocycles. The monoisotopic (exact) mass is 553 g/mol. The van der Waals surface area contributed by atoms with Gasteiger partial charge in [0.1, 0.15) is 20.1 Å². The fraction of sp³-hybridized carbons (Fsp3) is 0.759. The van der Waals surface area contributed by atoms with Crippen molar-refractivity contribution >= 4 is 13.6 Å². The van der Waals surface area contributed by atoms with Crippen LogP contribution in [0.25, 0.3) is 0 Å². The second-order valence-electron chi connectivity index (χ2n) is 10.4. The maximum Gasteiger partial charge on any atom is 0.169 e. The van der Waals surface area contributed by atoms with Gasteiger partial charge in [-0.2, -0.15) is 0 Å². The van der Waals surface area contributed by atoms with Crippen molar-refractivity contribution in [3.05, 3.63) is 36.4 Å². The van der Waals surface area contributed by atoms with E-state index in [1.54, 1.807) is 13.4 Å². The molecule has 0 saturated carbocycles. The number of carbonyl (C=O) groups is 1. The quantitative estimate of drug-likeness (QED) is 0.0908. The van der Waals surface area contributed by atoms with E-state index in [9.17, 15) is 15.0 Å². The fourth-order valence-corrected chi connectivity index (χ4v) is 4.74. The molecule has 5 unspecified atom stereocenters. The van der Waals surface area contributed by atoms with Crippen LogP contribution in [0.4, 0.5) is 0 Å². The van der Waals surface area contributed by atoms with Crippen molar-refractivity contribution in [2.45, 2.75) is 109 Å². The molecule has 224 valence electrons. The van der Waals surface area contributed by atoms with Crippen LogP contribution in [-0.4, -0.2) is 86.4 Å². The summed E-state index contributed by atoms with van der Waals surface area (Å²) in [4.78, 5) is 11.8. The Balaban J connectivity index is 2.11. The van der Waals surface area contributed by atoms with Gasteiger partial charge in [0.2, 0.25) is 0 Å². The van der Waals surface area contributed by atoms with Crippen LogP contribution >= 0.6 is 0 Å². The number of hydrogen-bond donors (Lipinski definition) is 4. The summed E-state index contributed by atoms with van der Waals surface area (Å²) >= 11 is 0. The fourth-order valence-electron chi connectivity index (χ4n) is 4.74. The van der Waals surface area contributed by atoms with E-state index in [1.165, 1.54) is 30.9 Å². The zero-order chi connectivity index (χ0) is 29.0. The third-order valence-corrected chi connectivity index (χ3v) is 7.00. The largest absolute Gasteiger partial charge is 0.516 e. The molecule has 1 heterocycles. The summed E-state index contributed by atoms with van der Waals surface area (Å²) in [5, 5.41) is 31.4. The minimum absolute atomic E-state index is 0.00767. The van der Waals surface area contributed by atoms with Crippen molar-refractivity contribution in [2.75, 3.05) is 26.9 Å². The third-order valence-electron chi connectivity index (χ3n) is 7.00. The maximum absolute atomic E-state index is 11.8. The van der Waals surface area contributed by atoms with Crippen LogP contribution < -0.4 is 5.32 Å². The number of carbonyl (C=O) groups excluding carboxylic acids is 1. The van der Waals surface area contributed by atoms with Crippen LogP contribution in [0.2, 0.25) is 0 Å². The van der Waals surface area contributed by atoms with Gasteiger partial charge >= 0.3 is 0 Å². The van der Waals surface area contributed by atoms with Crippen molar-refractivity contribution in [1.29, 1.82) is 0 Å². The average Bonchev–Trinajstić information content (AvgIpc) is 2.90. The van der Waals surface area contributed by atoms with Crippen molar-refractivity contribution in [3.8, 4) is 0 Å². The smallest absolute Gasteiger partial charge is 0.169 e. The number of allylic oxidation sites excluding steroid dienone is 1. The lowest BCUT2D eigenvalue weighted by Crippen LogP contribution is -2.45. The third kappa shape index (κ3) is 14.9. The molecule has 0 radical (unpaired) electrons. The van der Waals surface area contributed by atoms with Gasteiger partial charge in [-0.25, -0.2) is 0 Å². The van der Waals surface area contributed by atoms with Gasteiger partial charge in [-0.15, -0.1) is 0 Å². The van der Waals surface area contributed by atoms with Crippen molar-refractivity contribution < 1.29 is 39.1 Å². The molecule has 9 nitrogen and oxygen atoms in total. The van der Waals surface area contributed by atoms with Crippen molar-refractivity contribution in [3.63, 3.8) is 0 Å². The van der Waals surface area contributed by atoms with Crippen LogP contribution in [-0.2, 0) is 23.7 Å². The van der Waals surface area contributed by atoms with Crippen LogP contribution in [0.15, 0.2) is 36.4 Å². The van der Waals surface area contributed by atoms with E-state index in [2.05, 4.69) is 26.7 Å². The molecule has 1 saturated heterocycles. The summed E-state index contributed by atoms with van der Waals surface area (Å²) in [6.07, 6.45) is 10.2. The van der Waals surface area contributed by atoms with Crippen LogP contribution in [0, 0.1) is 5.92 Å². The summed E-state index contributed by atoms with van der Waals surface area (Å²) in [5.41, 5.74) is 2.19. The van der Waals surface area contributed by atoms with Crippen LogP contribution in [0.1, 0.15) is 78.1 Å². The van der Waals surface area contributed by atoms with Gasteiger partial charge in [0.25, 0.3) is 0 Å². The molecule has 1 aliphatic rings. The molecule has 0 bridgehead atoms. The zero-order valence-electron chi connectivity index (χ0n) is 24.5. The lowest BCUT2D eigenvalue weighted by Gasteiger charge is -2.30. The Hall–Kier alpha value is -1.85. The molecule has 0 amide bonds. The first-order chi connectivity index (χ1) is 18.7. The van der Waals surface area contributed by atoms with Gasteiger partial charge in [0, 0.05) is 30.8 Å². The summed E-state index contributed by atoms with van der Waals surface area (Å²) < 4.78 is 22.3. The summed E-state index contributed by atoms with van der Waals surface area (Å²) in [7, 11) is 3.74. The van der Waals surface area contributed by atoms with Crippen molar-refractivity contribution in [1.82, 2.24) is 5.32 Å². The number of ketones is 1. The molecule has 4 N–H and O–H groups in total. The lowest BCUT2D eigenvalue weighted by molar-refractivity contribution is -0.207. The molecule has 0 aromatic rings. The molecule has 1 aliphatic heterocycles. The molecule has 10 heteroatoms. The number of unbranched alkanes of at least 4 members (excludes halogenated alkanes) is 5. The highest BCUT2D eigenvalue weighted by Gasteiger charge is 2.35. The number of hydrogen-bond acceptors (Lipinski definition) is 9. The molecule has 1 fully saturated rings. The van der Waals surface area contributed by atoms with E-state index in [0.29, 0.717) is 6.61 Å². The zero-order valence-corrected chi connectivity index (χ0v) is 24.5. The molecule has 6 atom stereocenters. The Kier molecular flexibility index (Phi) is 18.9. The highest BCUT2D eigenvalue weighted by atomic mass is 16.7. The molecular formula is C29H52BNO8. The normalized spacial score (nSPS) is 22.5. The Bertz CT molecular complexity index is 747. The predicted octanol–water partition coefficient (Wildman–Crippen LogP) is 3.26. The number of Topliss-reactive ketones (excluding diaryl/α,β-unsaturated/α-hetero) is 1. The Labute approximate surface area is 236 Å². The highest BCUT2D eigenvalue weighted by molar-refractivity contribution is 6.11. The highest BCUT2D eigenvalue weighted by Crippen LogP contribution is 2.24. The first kappa shape index (κ1) is 35.2. The lowest BCUT2D eigenvalue weighted by atomic mass is 9.79. The van der Waals surface area contributed by atoms with E-state index in [0.717, 1.165) is 57.0 Å². The number of aliphatic hydroxyl groups excluding tert-OH is 3. The predicted molar refractivity (Wildman–Crippen MR) is 155 cm³/mol. The molecule has 0 spiro atoms. The summed E-state index contributed by atoms with van der Waals surface area (Å²) in [6.45, 7) is 9.46. The van der Waals surface area contributed by atoms with Crippen molar-refractivity contribution in [2.24, 2.45) is 5.92 Å². The molecule has 0 aromatic heterocycles.